The summed E-state index contributed by atoms with van der Waals surface area (Å²) in [6, 6.07) is 1.48. The van der Waals surface area contributed by atoms with E-state index in [-0.39, 0.29) is 4.47 Å². The molecule has 0 spiro atoms. The maximum Gasteiger partial charge on any atom is 0.319 e. The summed E-state index contributed by atoms with van der Waals surface area (Å²) < 4.78 is 116. The Kier molecular flexibility index (Phi) is 5.77. The topological polar surface area (TPSA) is 125 Å². The summed E-state index contributed by atoms with van der Waals surface area (Å²) in [5.41, 5.74) is -2.28. The minimum absolute atomic E-state index is 0.324. The zero-order valence-corrected chi connectivity index (χ0v) is 18.2. The molecular weight excluding hydrogens is 478 g/mol. The Bertz CT molecular complexity index is 1120. The second-order valence-electron chi connectivity index (χ2n) is 4.86. The lowest BCUT2D eigenvalue weighted by atomic mass is 10.2. The molecule has 0 aliphatic rings. The highest BCUT2D eigenvalue weighted by atomic mass is 79.9. The number of halogens is 1. The molecule has 0 saturated heterocycles. The molecule has 1 heterocycles. The van der Waals surface area contributed by atoms with Gasteiger partial charge in [0.15, 0.2) is 0 Å². The molecule has 1 aromatic rings. The Hall–Kier alpha value is -2.57. The molecular formula is C19H26BrN3O8. The molecule has 0 amide bonds. The Balaban J connectivity index is 4.19. The van der Waals surface area contributed by atoms with Gasteiger partial charge in [0.2, 0.25) is 0 Å². The van der Waals surface area contributed by atoms with Crippen molar-refractivity contribution in [2.45, 2.75) is 13.0 Å². The molecule has 0 aromatic carbocycles. The van der Waals surface area contributed by atoms with Crippen LogP contribution in [0.3, 0.4) is 0 Å². The average molecular weight is 516 g/mol. The van der Waals surface area contributed by atoms with Crippen molar-refractivity contribution in [1.82, 2.24) is 14.8 Å². The maximum absolute atomic E-state index is 12.3. The van der Waals surface area contributed by atoms with Gasteiger partial charge in [0.1, 0.15) is 0 Å². The quantitative estimate of drug-likeness (QED) is 0.278. The molecule has 12 heteroatoms. The van der Waals surface area contributed by atoms with Gasteiger partial charge in [-0.1, -0.05) is 15.9 Å². The lowest BCUT2D eigenvalue weighted by molar-refractivity contribution is -0.147. The molecule has 0 bridgehead atoms. The highest BCUT2D eigenvalue weighted by Crippen LogP contribution is 2.16. The van der Waals surface area contributed by atoms with E-state index in [1.165, 1.54) is 0 Å². The van der Waals surface area contributed by atoms with Crippen LogP contribution in [0.4, 0.5) is 0 Å². The molecule has 0 radical (unpaired) electrons. The van der Waals surface area contributed by atoms with Gasteiger partial charge in [0, 0.05) is 22.9 Å². The summed E-state index contributed by atoms with van der Waals surface area (Å²) in [4.78, 5) is 51.8. The van der Waals surface area contributed by atoms with Gasteiger partial charge in [0.05, 0.1) is 76.8 Å². The Morgan fingerprint density at radius 2 is 1.06 bits per heavy atom. The minimum atomic E-state index is -3.78. The summed E-state index contributed by atoms with van der Waals surface area (Å²) in [7, 11) is 2.74. The number of nitrogens with zero attached hydrogens (tertiary/aromatic N) is 3. The van der Waals surface area contributed by atoms with E-state index in [1.54, 1.807) is 0 Å². The van der Waals surface area contributed by atoms with E-state index in [0.717, 1.165) is 12.1 Å². The molecule has 0 fully saturated rings. The lowest BCUT2D eigenvalue weighted by Crippen LogP contribution is -2.36. The van der Waals surface area contributed by atoms with Crippen LogP contribution in [0.5, 0.6) is 0 Å². The van der Waals surface area contributed by atoms with Crippen LogP contribution in [0.2, 0.25) is 0 Å². The summed E-state index contributed by atoms with van der Waals surface area (Å²) in [5.74, 6) is -7.51. The Labute approximate surface area is 205 Å². The van der Waals surface area contributed by atoms with Crippen LogP contribution < -0.4 is 0 Å². The number of rotatable bonds is 12. The van der Waals surface area contributed by atoms with Gasteiger partial charge in [-0.2, -0.15) is 0 Å². The van der Waals surface area contributed by atoms with Crippen molar-refractivity contribution in [3.05, 3.63) is 28.0 Å². The molecule has 0 atom stereocenters. The standard InChI is InChI=1S/C19H26BrN3O8/c1-28-16(24)9-22(10-17(25)29-2)7-14-5-13(20)6-15(21-14)8-23(11-18(26)30-3)12-19(27)31-4/h5-6H,7-12H2,1-4H3/i7D2,8D2,9D2,10D2,11D2,12D2. The third kappa shape index (κ3) is 10.3. The van der Waals surface area contributed by atoms with Crippen molar-refractivity contribution in [3.8, 4) is 0 Å². The first-order valence-corrected chi connectivity index (χ1v) is 8.69. The third-order valence-electron chi connectivity index (χ3n) is 2.80. The highest BCUT2D eigenvalue weighted by molar-refractivity contribution is 9.10. The number of carbonyl (C=O) groups is 4. The third-order valence-corrected chi connectivity index (χ3v) is 3.25. The first-order valence-electron chi connectivity index (χ1n) is 13.9. The molecule has 0 aliphatic carbocycles. The van der Waals surface area contributed by atoms with Crippen LogP contribution in [0.15, 0.2) is 16.6 Å². The first-order chi connectivity index (χ1) is 19.3. The van der Waals surface area contributed by atoms with Gasteiger partial charge in [-0.15, -0.1) is 0 Å². The van der Waals surface area contributed by atoms with Crippen molar-refractivity contribution in [3.63, 3.8) is 0 Å². The largest absolute Gasteiger partial charge is 0.468 e. The van der Waals surface area contributed by atoms with Crippen LogP contribution in [0.1, 0.15) is 27.8 Å². The lowest BCUT2D eigenvalue weighted by Gasteiger charge is -2.21. The molecule has 1 aromatic heterocycles. The van der Waals surface area contributed by atoms with Gasteiger partial charge >= 0.3 is 23.9 Å². The number of pyridine rings is 1. The Morgan fingerprint density at radius 1 is 0.774 bits per heavy atom. The van der Waals surface area contributed by atoms with Gasteiger partial charge in [-0.05, 0) is 12.1 Å². The first kappa shape index (κ1) is 13.1. The van der Waals surface area contributed by atoms with E-state index in [0.29, 0.717) is 28.4 Å². The van der Waals surface area contributed by atoms with Crippen LogP contribution in [-0.2, 0) is 51.1 Å². The SMILES string of the molecule is [2H]C([2H])(C(=O)OC)N(C([2H])([2H])C(=O)OC)C([2H])([2H])c1cc(Br)cc(C([2H])([2H])N(C([2H])([2H])C(=O)OC)C([2H])([2H])C(=O)OC)n1. The normalized spacial score (nSPS) is 19.2. The van der Waals surface area contributed by atoms with Crippen molar-refractivity contribution >= 4 is 39.8 Å². The molecule has 172 valence electrons. The maximum atomic E-state index is 12.3. The van der Waals surface area contributed by atoms with Gasteiger partial charge in [0.25, 0.3) is 0 Å². The van der Waals surface area contributed by atoms with Crippen molar-refractivity contribution < 1.29 is 54.6 Å². The highest BCUT2D eigenvalue weighted by Gasteiger charge is 2.19. The average Bonchev–Trinajstić information content (AvgIpc) is 2.89. The number of esters is 4. The fourth-order valence-corrected chi connectivity index (χ4v) is 1.99. The zero-order valence-electron chi connectivity index (χ0n) is 28.6. The van der Waals surface area contributed by atoms with Crippen molar-refractivity contribution in [2.24, 2.45) is 0 Å². The zero-order chi connectivity index (χ0) is 34.1. The summed E-state index contributed by atoms with van der Waals surface area (Å²) in [6.07, 6.45) is 0. The van der Waals surface area contributed by atoms with E-state index in [9.17, 15) is 19.2 Å². The molecule has 0 N–H and O–H groups in total. The molecule has 0 unspecified atom stereocenters. The predicted molar refractivity (Wildman–Crippen MR) is 111 cm³/mol. The van der Waals surface area contributed by atoms with Crippen LogP contribution in [0.25, 0.3) is 0 Å². The second-order valence-corrected chi connectivity index (χ2v) is 5.78. The van der Waals surface area contributed by atoms with Crippen molar-refractivity contribution in [2.75, 3.05) is 54.4 Å². The number of hydrogen-bond donors (Lipinski definition) is 0. The number of hydrogen-bond acceptors (Lipinski definition) is 11. The van der Waals surface area contributed by atoms with Crippen LogP contribution >= 0.6 is 15.9 Å². The van der Waals surface area contributed by atoms with Crippen LogP contribution in [0, 0.1) is 0 Å². The van der Waals surface area contributed by atoms with E-state index in [4.69, 9.17) is 16.4 Å². The monoisotopic (exact) mass is 515 g/mol. The minimum Gasteiger partial charge on any atom is -0.468 e. The summed E-state index contributed by atoms with van der Waals surface area (Å²) >= 11 is 2.92. The molecule has 11 nitrogen and oxygen atoms in total. The predicted octanol–water partition coefficient (Wildman–Crippen LogP) is 0.140. The molecule has 1 rings (SSSR count). The number of methoxy groups -OCH3 is 4. The Morgan fingerprint density at radius 3 is 1.32 bits per heavy atom. The molecule has 31 heavy (non-hydrogen) atoms. The van der Waals surface area contributed by atoms with E-state index in [2.05, 4.69) is 39.9 Å². The van der Waals surface area contributed by atoms with E-state index < -0.39 is 84.0 Å². The summed E-state index contributed by atoms with van der Waals surface area (Å²) in [5, 5.41) is 0. The molecule has 0 aliphatic heterocycles. The van der Waals surface area contributed by atoms with Gasteiger partial charge in [-0.25, -0.2) is 0 Å². The smallest absolute Gasteiger partial charge is 0.319 e. The van der Waals surface area contributed by atoms with Gasteiger partial charge in [-0.3, -0.25) is 34.0 Å². The fourth-order valence-electron chi connectivity index (χ4n) is 1.56. The molecule has 0 saturated carbocycles. The number of carbonyl (C=O) groups excluding carboxylic acids is 4. The fraction of sp³-hybridized carbons (Fsp3) is 0.526. The van der Waals surface area contributed by atoms with Gasteiger partial charge < -0.3 is 18.9 Å². The van der Waals surface area contributed by atoms with E-state index >= 15 is 0 Å². The van der Waals surface area contributed by atoms with Crippen LogP contribution in [-0.4, -0.2) is 93.1 Å². The van der Waals surface area contributed by atoms with Crippen molar-refractivity contribution in [1.29, 1.82) is 0 Å². The summed E-state index contributed by atoms with van der Waals surface area (Å²) in [6.45, 7) is -22.5. The number of ether oxygens (including phenoxy) is 4. The second kappa shape index (κ2) is 13.7. The van der Waals surface area contributed by atoms with E-state index in [1.807, 2.05) is 0 Å². The number of aromatic nitrogens is 1.